The van der Waals surface area contributed by atoms with Crippen LogP contribution in [-0.2, 0) is 9.47 Å². The first-order valence-corrected chi connectivity index (χ1v) is 4.39. The number of aliphatic hydroxyl groups excluding tert-OH is 3. The number of ether oxygens (including phenoxy) is 2. The van der Waals surface area contributed by atoms with Gasteiger partial charge in [-0.2, -0.15) is 0 Å². The maximum absolute atomic E-state index is 9.40. The second-order valence-corrected chi connectivity index (χ2v) is 3.14. The SMILES string of the molecule is CCOC1O[C@@H](C)C(O)C(O)C1O. The molecular weight excluding hydrogens is 176 g/mol. The van der Waals surface area contributed by atoms with E-state index in [0.717, 1.165) is 0 Å². The summed E-state index contributed by atoms with van der Waals surface area (Å²) >= 11 is 0. The molecule has 78 valence electrons. The Labute approximate surface area is 76.9 Å². The van der Waals surface area contributed by atoms with Crippen LogP contribution in [0.15, 0.2) is 0 Å². The summed E-state index contributed by atoms with van der Waals surface area (Å²) in [5.41, 5.74) is 0. The number of rotatable bonds is 2. The molecule has 5 nitrogen and oxygen atoms in total. The molecule has 3 N–H and O–H groups in total. The lowest BCUT2D eigenvalue weighted by Crippen LogP contribution is -2.57. The van der Waals surface area contributed by atoms with Gasteiger partial charge in [-0.05, 0) is 13.8 Å². The van der Waals surface area contributed by atoms with Crippen LogP contribution in [0.4, 0.5) is 0 Å². The summed E-state index contributed by atoms with van der Waals surface area (Å²) in [4.78, 5) is 0. The van der Waals surface area contributed by atoms with E-state index in [0.29, 0.717) is 6.61 Å². The fourth-order valence-corrected chi connectivity index (χ4v) is 1.32. The van der Waals surface area contributed by atoms with Gasteiger partial charge in [0.1, 0.15) is 18.3 Å². The molecular formula is C8H16O5. The summed E-state index contributed by atoms with van der Waals surface area (Å²) in [6.07, 6.45) is -4.84. The van der Waals surface area contributed by atoms with Crippen molar-refractivity contribution in [3.05, 3.63) is 0 Å². The zero-order valence-corrected chi connectivity index (χ0v) is 7.75. The predicted octanol–water partition coefficient (Wildman–Crippen LogP) is -1.15. The molecule has 0 aliphatic carbocycles. The van der Waals surface area contributed by atoms with Crippen LogP contribution in [0.25, 0.3) is 0 Å². The normalized spacial score (nSPS) is 46.4. The van der Waals surface area contributed by atoms with E-state index in [-0.39, 0.29) is 0 Å². The molecule has 0 aromatic carbocycles. The Morgan fingerprint density at radius 2 is 1.77 bits per heavy atom. The molecule has 5 heteroatoms. The second kappa shape index (κ2) is 4.34. The zero-order chi connectivity index (χ0) is 10.0. The Morgan fingerprint density at radius 1 is 1.15 bits per heavy atom. The van der Waals surface area contributed by atoms with Crippen molar-refractivity contribution in [1.82, 2.24) is 0 Å². The van der Waals surface area contributed by atoms with Crippen LogP contribution >= 0.6 is 0 Å². The van der Waals surface area contributed by atoms with Gasteiger partial charge >= 0.3 is 0 Å². The largest absolute Gasteiger partial charge is 0.388 e. The summed E-state index contributed by atoms with van der Waals surface area (Å²) in [6.45, 7) is 3.77. The van der Waals surface area contributed by atoms with Gasteiger partial charge in [-0.15, -0.1) is 0 Å². The van der Waals surface area contributed by atoms with Gasteiger partial charge in [0, 0.05) is 6.61 Å². The maximum atomic E-state index is 9.40. The third-order valence-corrected chi connectivity index (χ3v) is 2.14. The number of aliphatic hydroxyl groups is 3. The summed E-state index contributed by atoms with van der Waals surface area (Å²) < 4.78 is 10.2. The van der Waals surface area contributed by atoms with Gasteiger partial charge in [0.25, 0.3) is 0 Å². The molecule has 1 heterocycles. The summed E-state index contributed by atoms with van der Waals surface area (Å²) in [6, 6.07) is 0. The molecule has 1 fully saturated rings. The highest BCUT2D eigenvalue weighted by molar-refractivity contribution is 4.86. The number of hydrogen-bond donors (Lipinski definition) is 3. The molecule has 1 aliphatic heterocycles. The Morgan fingerprint density at radius 3 is 2.31 bits per heavy atom. The van der Waals surface area contributed by atoms with Gasteiger partial charge in [-0.25, -0.2) is 0 Å². The molecule has 0 radical (unpaired) electrons. The lowest BCUT2D eigenvalue weighted by atomic mass is 10.0. The molecule has 1 saturated heterocycles. The Kier molecular flexibility index (Phi) is 3.63. The van der Waals surface area contributed by atoms with Crippen molar-refractivity contribution >= 4 is 0 Å². The molecule has 0 bridgehead atoms. The van der Waals surface area contributed by atoms with Crippen LogP contribution in [-0.4, -0.2) is 52.6 Å². The maximum Gasteiger partial charge on any atom is 0.186 e. The quantitative estimate of drug-likeness (QED) is 0.515. The fraction of sp³-hybridized carbons (Fsp3) is 1.00. The molecule has 5 atom stereocenters. The minimum atomic E-state index is -1.21. The Balaban J connectivity index is 2.59. The van der Waals surface area contributed by atoms with Crippen LogP contribution in [0.3, 0.4) is 0 Å². The van der Waals surface area contributed by atoms with Crippen molar-refractivity contribution in [3.8, 4) is 0 Å². The summed E-state index contributed by atoms with van der Waals surface area (Å²) in [7, 11) is 0. The van der Waals surface area contributed by atoms with E-state index in [2.05, 4.69) is 0 Å². The molecule has 1 aliphatic rings. The standard InChI is InChI=1S/C8H16O5/c1-3-12-8-7(11)6(10)5(9)4(2)13-8/h4-11H,3H2,1-2H3/t4-,5?,6?,7?,8?/m0/s1. The third-order valence-electron chi connectivity index (χ3n) is 2.14. The van der Waals surface area contributed by atoms with Crippen LogP contribution in [0.2, 0.25) is 0 Å². The zero-order valence-electron chi connectivity index (χ0n) is 7.75. The van der Waals surface area contributed by atoms with E-state index in [4.69, 9.17) is 9.47 Å². The van der Waals surface area contributed by atoms with Crippen LogP contribution < -0.4 is 0 Å². The van der Waals surface area contributed by atoms with Crippen molar-refractivity contribution in [3.63, 3.8) is 0 Å². The monoisotopic (exact) mass is 192 g/mol. The highest BCUT2D eigenvalue weighted by atomic mass is 16.7. The topological polar surface area (TPSA) is 79.2 Å². The third kappa shape index (κ3) is 2.18. The number of hydrogen-bond acceptors (Lipinski definition) is 5. The van der Waals surface area contributed by atoms with E-state index < -0.39 is 30.7 Å². The highest BCUT2D eigenvalue weighted by Crippen LogP contribution is 2.21. The van der Waals surface area contributed by atoms with E-state index >= 15 is 0 Å². The smallest absolute Gasteiger partial charge is 0.186 e. The molecule has 0 amide bonds. The highest BCUT2D eigenvalue weighted by Gasteiger charge is 2.42. The van der Waals surface area contributed by atoms with Crippen molar-refractivity contribution in [2.45, 2.75) is 44.6 Å². The lowest BCUT2D eigenvalue weighted by Gasteiger charge is -2.38. The molecule has 1 rings (SSSR count). The fourth-order valence-electron chi connectivity index (χ4n) is 1.32. The average Bonchev–Trinajstić information content (AvgIpc) is 2.11. The lowest BCUT2D eigenvalue weighted by molar-refractivity contribution is -0.291. The first kappa shape index (κ1) is 10.9. The Hall–Kier alpha value is -0.200. The minimum absolute atomic E-state index is 0.386. The van der Waals surface area contributed by atoms with Crippen molar-refractivity contribution in [1.29, 1.82) is 0 Å². The van der Waals surface area contributed by atoms with E-state index in [9.17, 15) is 15.3 Å². The van der Waals surface area contributed by atoms with Gasteiger partial charge < -0.3 is 24.8 Å². The van der Waals surface area contributed by atoms with Gasteiger partial charge in [-0.3, -0.25) is 0 Å². The molecule has 0 saturated carbocycles. The van der Waals surface area contributed by atoms with Gasteiger partial charge in [0.15, 0.2) is 6.29 Å². The summed E-state index contributed by atoms with van der Waals surface area (Å²) in [5, 5.41) is 28.1. The van der Waals surface area contributed by atoms with Crippen LogP contribution in [0.1, 0.15) is 13.8 Å². The second-order valence-electron chi connectivity index (χ2n) is 3.14. The molecule has 0 spiro atoms. The molecule has 0 aromatic heterocycles. The van der Waals surface area contributed by atoms with Crippen molar-refractivity contribution < 1.29 is 24.8 Å². The van der Waals surface area contributed by atoms with Gasteiger partial charge in [0.2, 0.25) is 0 Å². The average molecular weight is 192 g/mol. The van der Waals surface area contributed by atoms with Crippen LogP contribution in [0.5, 0.6) is 0 Å². The minimum Gasteiger partial charge on any atom is -0.388 e. The van der Waals surface area contributed by atoms with Crippen molar-refractivity contribution in [2.75, 3.05) is 6.61 Å². The van der Waals surface area contributed by atoms with Gasteiger partial charge in [0.05, 0.1) is 6.10 Å². The first-order chi connectivity index (χ1) is 6.07. The molecule has 0 aromatic rings. The molecule has 13 heavy (non-hydrogen) atoms. The Bertz CT molecular complexity index is 163. The van der Waals surface area contributed by atoms with E-state index in [1.54, 1.807) is 13.8 Å². The summed E-state index contributed by atoms with van der Waals surface area (Å²) in [5.74, 6) is 0. The predicted molar refractivity (Wildman–Crippen MR) is 44.0 cm³/mol. The first-order valence-electron chi connectivity index (χ1n) is 4.39. The van der Waals surface area contributed by atoms with Crippen molar-refractivity contribution in [2.24, 2.45) is 0 Å². The molecule has 4 unspecified atom stereocenters. The van der Waals surface area contributed by atoms with Crippen LogP contribution in [0, 0.1) is 0 Å². The van der Waals surface area contributed by atoms with Gasteiger partial charge in [-0.1, -0.05) is 0 Å². The van der Waals surface area contributed by atoms with E-state index in [1.807, 2.05) is 0 Å². The van der Waals surface area contributed by atoms with E-state index in [1.165, 1.54) is 0 Å².